The molecule has 2 aromatic heterocycles. The van der Waals surface area contributed by atoms with Gasteiger partial charge >= 0.3 is 0 Å². The van der Waals surface area contributed by atoms with Crippen LogP contribution in [0.25, 0.3) is 0 Å². The molecule has 21 heavy (non-hydrogen) atoms. The van der Waals surface area contributed by atoms with Crippen molar-refractivity contribution in [2.75, 3.05) is 13.6 Å². The number of aromatic nitrogens is 2. The summed E-state index contributed by atoms with van der Waals surface area (Å²) in [6.45, 7) is 1.07. The van der Waals surface area contributed by atoms with Crippen LogP contribution in [0.4, 0.5) is 0 Å². The number of hydrogen-bond acceptors (Lipinski definition) is 4. The van der Waals surface area contributed by atoms with E-state index in [0.717, 1.165) is 9.35 Å². The molecule has 2 rings (SSSR count). The highest BCUT2D eigenvalue weighted by Crippen LogP contribution is 2.21. The molecule has 6 nitrogen and oxygen atoms in total. The lowest BCUT2D eigenvalue weighted by molar-refractivity contribution is 0.180. The van der Waals surface area contributed by atoms with Gasteiger partial charge in [0.2, 0.25) is 0 Å². The van der Waals surface area contributed by atoms with Crippen molar-refractivity contribution in [2.24, 2.45) is 12.0 Å². The smallest absolute Gasteiger partial charge is 0.191 e. The Labute approximate surface area is 136 Å². The van der Waals surface area contributed by atoms with Crippen LogP contribution in [0.15, 0.2) is 33.3 Å². The van der Waals surface area contributed by atoms with Gasteiger partial charge in [-0.05, 0) is 28.1 Å². The van der Waals surface area contributed by atoms with Crippen LogP contribution in [0.1, 0.15) is 16.5 Å². The Balaban J connectivity index is 1.80. The summed E-state index contributed by atoms with van der Waals surface area (Å²) in [5, 5.41) is 20.4. The molecule has 2 aromatic rings. The van der Waals surface area contributed by atoms with E-state index in [-0.39, 0.29) is 0 Å². The number of halogens is 1. The lowest BCUT2D eigenvalue weighted by atomic mass is 10.2. The molecule has 1 unspecified atom stereocenters. The quantitative estimate of drug-likeness (QED) is 0.551. The first-order valence-corrected chi connectivity index (χ1v) is 8.04. The van der Waals surface area contributed by atoms with E-state index in [2.05, 4.69) is 42.7 Å². The molecule has 0 bridgehead atoms. The van der Waals surface area contributed by atoms with E-state index in [4.69, 9.17) is 0 Å². The Morgan fingerprint density at radius 2 is 2.33 bits per heavy atom. The van der Waals surface area contributed by atoms with Crippen LogP contribution < -0.4 is 10.6 Å². The average Bonchev–Trinajstić information content (AvgIpc) is 3.07. The number of aryl methyl sites for hydroxylation is 1. The predicted octanol–water partition coefficient (Wildman–Crippen LogP) is 1.64. The highest BCUT2D eigenvalue weighted by molar-refractivity contribution is 9.11. The van der Waals surface area contributed by atoms with Crippen molar-refractivity contribution in [1.29, 1.82) is 0 Å². The van der Waals surface area contributed by atoms with E-state index >= 15 is 0 Å². The Bertz CT molecular complexity index is 609. The fourth-order valence-corrected chi connectivity index (χ4v) is 3.18. The van der Waals surface area contributed by atoms with Crippen molar-refractivity contribution >= 4 is 33.2 Å². The number of aliphatic imine (C=N–C) groups is 1. The van der Waals surface area contributed by atoms with Gasteiger partial charge in [-0.2, -0.15) is 5.10 Å². The summed E-state index contributed by atoms with van der Waals surface area (Å²) >= 11 is 5.11. The lowest BCUT2D eigenvalue weighted by Crippen LogP contribution is -2.38. The molecule has 0 amide bonds. The van der Waals surface area contributed by atoms with E-state index in [9.17, 15) is 5.11 Å². The van der Waals surface area contributed by atoms with Crippen LogP contribution in [-0.2, 0) is 13.6 Å². The van der Waals surface area contributed by atoms with Gasteiger partial charge in [0.05, 0.1) is 22.6 Å². The second-order valence-corrected chi connectivity index (χ2v) is 7.02. The largest absolute Gasteiger partial charge is 0.386 e. The van der Waals surface area contributed by atoms with E-state index in [1.54, 1.807) is 35.5 Å². The molecule has 0 aliphatic rings. The number of nitrogens with zero attached hydrogens (tertiary/aromatic N) is 3. The summed E-state index contributed by atoms with van der Waals surface area (Å²) in [4.78, 5) is 5.34. The van der Waals surface area contributed by atoms with Crippen molar-refractivity contribution in [3.8, 4) is 0 Å². The van der Waals surface area contributed by atoms with Crippen LogP contribution in [0, 0.1) is 0 Å². The number of aliphatic hydroxyl groups is 1. The zero-order valence-electron chi connectivity index (χ0n) is 11.9. The minimum absolute atomic E-state index is 0.375. The van der Waals surface area contributed by atoms with Crippen molar-refractivity contribution < 1.29 is 5.11 Å². The van der Waals surface area contributed by atoms with Gasteiger partial charge in [-0.15, -0.1) is 11.3 Å². The van der Waals surface area contributed by atoms with E-state index < -0.39 is 6.10 Å². The zero-order chi connectivity index (χ0) is 15.2. The summed E-state index contributed by atoms with van der Waals surface area (Å²) in [7, 11) is 3.53. The molecule has 0 saturated heterocycles. The van der Waals surface area contributed by atoms with Gasteiger partial charge < -0.3 is 15.7 Å². The lowest BCUT2D eigenvalue weighted by Gasteiger charge is -2.14. The summed E-state index contributed by atoms with van der Waals surface area (Å²) in [6, 6.07) is 4.07. The second kappa shape index (κ2) is 7.58. The standard InChI is InChI=1S/C13H18BrN5OS/c1-15-13(16-6-10-3-4-12(14)21-10)17-7-11(20)9-5-18-19(2)8-9/h3-5,8,11,20H,6-7H2,1-2H3,(H2,15,16,17). The SMILES string of the molecule is CN=C(NCc1ccc(Br)s1)NCC(O)c1cnn(C)c1. The Morgan fingerprint density at radius 1 is 1.52 bits per heavy atom. The van der Waals surface area contributed by atoms with Gasteiger partial charge in [0.25, 0.3) is 0 Å². The zero-order valence-corrected chi connectivity index (χ0v) is 14.3. The maximum Gasteiger partial charge on any atom is 0.191 e. The third-order valence-corrected chi connectivity index (χ3v) is 4.48. The highest BCUT2D eigenvalue weighted by Gasteiger charge is 2.10. The third kappa shape index (κ3) is 4.83. The molecule has 0 spiro atoms. The van der Waals surface area contributed by atoms with Crippen molar-refractivity contribution in [3.05, 3.63) is 38.8 Å². The number of hydrogen-bond donors (Lipinski definition) is 3. The average molecular weight is 372 g/mol. The molecule has 0 fully saturated rings. The Kier molecular flexibility index (Phi) is 5.77. The molecule has 3 N–H and O–H groups in total. The normalized spacial score (nSPS) is 13.2. The van der Waals surface area contributed by atoms with Gasteiger partial charge in [-0.25, -0.2) is 0 Å². The van der Waals surface area contributed by atoms with Crippen LogP contribution in [-0.4, -0.2) is 34.4 Å². The minimum Gasteiger partial charge on any atom is -0.386 e. The molecule has 0 aliphatic heterocycles. The van der Waals surface area contributed by atoms with Crippen molar-refractivity contribution in [3.63, 3.8) is 0 Å². The van der Waals surface area contributed by atoms with Gasteiger partial charge in [-0.3, -0.25) is 9.67 Å². The highest BCUT2D eigenvalue weighted by atomic mass is 79.9. The third-order valence-electron chi connectivity index (χ3n) is 2.86. The van der Waals surface area contributed by atoms with Crippen LogP contribution >= 0.6 is 27.3 Å². The van der Waals surface area contributed by atoms with Crippen LogP contribution in [0.5, 0.6) is 0 Å². The molecule has 114 valence electrons. The molecular weight excluding hydrogens is 354 g/mol. The second-order valence-electron chi connectivity index (χ2n) is 4.48. The minimum atomic E-state index is -0.617. The monoisotopic (exact) mass is 371 g/mol. The van der Waals surface area contributed by atoms with Crippen LogP contribution in [0.3, 0.4) is 0 Å². The fraction of sp³-hybridized carbons (Fsp3) is 0.385. The van der Waals surface area contributed by atoms with Crippen LogP contribution in [0.2, 0.25) is 0 Å². The number of thiophene rings is 1. The molecule has 0 radical (unpaired) electrons. The van der Waals surface area contributed by atoms with Crippen molar-refractivity contribution in [2.45, 2.75) is 12.6 Å². The maximum atomic E-state index is 10.1. The first-order chi connectivity index (χ1) is 10.1. The first kappa shape index (κ1) is 16.0. The Hall–Kier alpha value is -1.38. The number of nitrogens with one attached hydrogen (secondary N) is 2. The van der Waals surface area contributed by atoms with Gasteiger partial charge in [-0.1, -0.05) is 0 Å². The summed E-state index contributed by atoms with van der Waals surface area (Å²) < 4.78 is 2.77. The van der Waals surface area contributed by atoms with Crippen molar-refractivity contribution in [1.82, 2.24) is 20.4 Å². The predicted molar refractivity (Wildman–Crippen MR) is 88.4 cm³/mol. The summed E-state index contributed by atoms with van der Waals surface area (Å²) in [5.74, 6) is 0.655. The van der Waals surface area contributed by atoms with E-state index in [1.807, 2.05) is 13.1 Å². The summed E-state index contributed by atoms with van der Waals surface area (Å²) in [5.41, 5.74) is 0.780. The number of guanidine groups is 1. The number of aliphatic hydroxyl groups excluding tert-OH is 1. The molecule has 0 aliphatic carbocycles. The van der Waals surface area contributed by atoms with Gasteiger partial charge in [0.1, 0.15) is 0 Å². The maximum absolute atomic E-state index is 10.1. The van der Waals surface area contributed by atoms with Gasteiger partial charge in [0.15, 0.2) is 5.96 Å². The van der Waals surface area contributed by atoms with Gasteiger partial charge in [0, 0.05) is 37.3 Å². The first-order valence-electron chi connectivity index (χ1n) is 6.44. The molecule has 2 heterocycles. The molecule has 0 aromatic carbocycles. The summed E-state index contributed by atoms with van der Waals surface area (Å²) in [6.07, 6.45) is 2.84. The van der Waals surface area contributed by atoms with E-state index in [0.29, 0.717) is 19.0 Å². The molecule has 0 saturated carbocycles. The van der Waals surface area contributed by atoms with E-state index in [1.165, 1.54) is 4.88 Å². The number of rotatable bonds is 5. The molecular formula is C13H18BrN5OS. The molecule has 1 atom stereocenters. The molecule has 8 heteroatoms. The fourth-order valence-electron chi connectivity index (χ4n) is 1.76. The Morgan fingerprint density at radius 3 is 2.90 bits per heavy atom. The topological polar surface area (TPSA) is 74.5 Å².